The number of nitrogens with zero attached hydrogens (tertiary/aromatic N) is 6. The highest BCUT2D eigenvalue weighted by Gasteiger charge is 2.28. The number of sulfonamides is 1. The quantitative estimate of drug-likeness (QED) is 0.485. The number of halogens is 1. The van der Waals surface area contributed by atoms with E-state index in [0.29, 0.717) is 22.4 Å². The fourth-order valence-corrected chi connectivity index (χ4v) is 4.75. The molecule has 0 radical (unpaired) electrons. The van der Waals surface area contributed by atoms with Crippen LogP contribution in [-0.4, -0.2) is 45.2 Å². The first-order valence-corrected chi connectivity index (χ1v) is 12.5. The summed E-state index contributed by atoms with van der Waals surface area (Å²) in [4.78, 5) is 12.6. The zero-order valence-corrected chi connectivity index (χ0v) is 20.3. The molecule has 178 valence electrons. The number of rotatable bonds is 8. The lowest BCUT2D eigenvalue weighted by Crippen LogP contribution is -2.21. The SMILES string of the molecule is C=C([C@H](C)c1ncc(Cl)cn1)S(=O)(=O)Nc1nnc(-c2cccc(OC)n2)n1C1=CCCCC1. The van der Waals surface area contributed by atoms with Crippen molar-refractivity contribution in [2.24, 2.45) is 0 Å². The molecule has 0 saturated heterocycles. The molecule has 0 aromatic carbocycles. The van der Waals surface area contributed by atoms with Gasteiger partial charge in [0.1, 0.15) is 11.5 Å². The monoisotopic (exact) mass is 501 g/mol. The highest BCUT2D eigenvalue weighted by Crippen LogP contribution is 2.32. The molecule has 0 saturated carbocycles. The molecule has 12 heteroatoms. The zero-order valence-electron chi connectivity index (χ0n) is 18.8. The molecule has 0 aliphatic heterocycles. The molecule has 1 atom stereocenters. The summed E-state index contributed by atoms with van der Waals surface area (Å²) in [6, 6.07) is 5.27. The molecular weight excluding hydrogens is 478 g/mol. The Hall–Kier alpha value is -3.31. The Morgan fingerprint density at radius 1 is 1.24 bits per heavy atom. The third-order valence-electron chi connectivity index (χ3n) is 5.46. The fraction of sp³-hybridized carbons (Fsp3) is 0.318. The molecule has 0 spiro atoms. The topological polar surface area (TPSA) is 125 Å². The number of ether oxygens (including phenoxy) is 1. The molecule has 3 aromatic rings. The van der Waals surface area contributed by atoms with Crippen LogP contribution in [0.25, 0.3) is 17.2 Å². The summed E-state index contributed by atoms with van der Waals surface area (Å²) in [7, 11) is -2.54. The van der Waals surface area contributed by atoms with Gasteiger partial charge in [-0.05, 0) is 31.7 Å². The first-order chi connectivity index (χ1) is 16.3. The number of nitrogens with one attached hydrogen (secondary N) is 1. The van der Waals surface area contributed by atoms with Crippen molar-refractivity contribution in [3.8, 4) is 17.4 Å². The maximum Gasteiger partial charge on any atom is 0.260 e. The summed E-state index contributed by atoms with van der Waals surface area (Å²) in [6.45, 7) is 5.44. The number of allylic oxidation sites excluding steroid dienone is 3. The van der Waals surface area contributed by atoms with E-state index in [1.54, 1.807) is 29.7 Å². The van der Waals surface area contributed by atoms with Crippen LogP contribution >= 0.6 is 11.6 Å². The highest BCUT2D eigenvalue weighted by molar-refractivity contribution is 7.96. The van der Waals surface area contributed by atoms with Crippen molar-refractivity contribution in [3.63, 3.8) is 0 Å². The minimum Gasteiger partial charge on any atom is -0.481 e. The molecule has 0 unspecified atom stereocenters. The summed E-state index contributed by atoms with van der Waals surface area (Å²) >= 11 is 5.84. The van der Waals surface area contributed by atoms with Crippen LogP contribution in [0.3, 0.4) is 0 Å². The van der Waals surface area contributed by atoms with E-state index in [1.807, 2.05) is 0 Å². The van der Waals surface area contributed by atoms with Crippen molar-refractivity contribution >= 4 is 33.3 Å². The Balaban J connectivity index is 1.71. The molecule has 1 aliphatic carbocycles. The first-order valence-electron chi connectivity index (χ1n) is 10.7. The van der Waals surface area contributed by atoms with Gasteiger partial charge in [-0.25, -0.2) is 28.1 Å². The van der Waals surface area contributed by atoms with Crippen molar-refractivity contribution in [2.45, 2.75) is 38.5 Å². The van der Waals surface area contributed by atoms with Crippen molar-refractivity contribution in [2.75, 3.05) is 11.8 Å². The largest absolute Gasteiger partial charge is 0.481 e. The Kier molecular flexibility index (Phi) is 6.94. The van der Waals surface area contributed by atoms with Crippen LogP contribution in [-0.2, 0) is 10.0 Å². The average Bonchev–Trinajstić information content (AvgIpc) is 3.27. The summed E-state index contributed by atoms with van der Waals surface area (Å²) < 4.78 is 35.9. The van der Waals surface area contributed by atoms with Crippen LogP contribution < -0.4 is 9.46 Å². The van der Waals surface area contributed by atoms with Gasteiger partial charge in [0.2, 0.25) is 11.8 Å². The second-order valence-corrected chi connectivity index (χ2v) is 9.91. The molecule has 34 heavy (non-hydrogen) atoms. The number of pyridine rings is 1. The van der Waals surface area contributed by atoms with Gasteiger partial charge in [-0.1, -0.05) is 37.2 Å². The van der Waals surface area contributed by atoms with Gasteiger partial charge in [0.25, 0.3) is 10.0 Å². The molecule has 0 bridgehead atoms. The van der Waals surface area contributed by atoms with E-state index >= 15 is 0 Å². The van der Waals surface area contributed by atoms with Gasteiger partial charge in [0, 0.05) is 24.2 Å². The number of anilines is 1. The zero-order chi connectivity index (χ0) is 24.3. The number of aromatic nitrogens is 6. The smallest absolute Gasteiger partial charge is 0.260 e. The molecule has 10 nitrogen and oxygen atoms in total. The lowest BCUT2D eigenvalue weighted by Gasteiger charge is -2.19. The Morgan fingerprint density at radius 3 is 2.68 bits per heavy atom. The van der Waals surface area contributed by atoms with E-state index in [-0.39, 0.29) is 16.7 Å². The molecule has 4 rings (SSSR count). The van der Waals surface area contributed by atoms with Crippen LogP contribution in [0.4, 0.5) is 5.95 Å². The molecule has 0 fully saturated rings. The summed E-state index contributed by atoms with van der Waals surface area (Å²) in [6.07, 6.45) is 8.55. The van der Waals surface area contributed by atoms with E-state index in [4.69, 9.17) is 16.3 Å². The second-order valence-electron chi connectivity index (χ2n) is 7.74. The van der Waals surface area contributed by atoms with Gasteiger partial charge >= 0.3 is 0 Å². The van der Waals surface area contributed by atoms with E-state index in [9.17, 15) is 8.42 Å². The predicted molar refractivity (Wildman–Crippen MR) is 130 cm³/mol. The molecular formula is C22H24ClN7O3S. The lowest BCUT2D eigenvalue weighted by atomic mass is 10.0. The van der Waals surface area contributed by atoms with E-state index in [2.05, 4.69) is 42.5 Å². The lowest BCUT2D eigenvalue weighted by molar-refractivity contribution is 0.398. The molecule has 3 aromatic heterocycles. The molecule has 3 heterocycles. The minimum absolute atomic E-state index is 0.0538. The number of methoxy groups -OCH3 is 1. The van der Waals surface area contributed by atoms with Gasteiger partial charge in [-0.15, -0.1) is 10.2 Å². The van der Waals surface area contributed by atoms with Gasteiger partial charge in [0.15, 0.2) is 5.82 Å². The fourth-order valence-electron chi connectivity index (χ4n) is 3.57. The van der Waals surface area contributed by atoms with Crippen LogP contribution in [0, 0.1) is 0 Å². The Morgan fingerprint density at radius 2 is 2.00 bits per heavy atom. The third kappa shape index (κ3) is 4.95. The first kappa shape index (κ1) is 23.8. The second kappa shape index (κ2) is 9.90. The van der Waals surface area contributed by atoms with Crippen molar-refractivity contribution in [1.82, 2.24) is 29.7 Å². The van der Waals surface area contributed by atoms with Crippen LogP contribution in [0.1, 0.15) is 44.3 Å². The summed E-state index contributed by atoms with van der Waals surface area (Å²) in [5.74, 6) is 0.483. The maximum atomic E-state index is 13.2. The molecule has 1 N–H and O–H groups in total. The standard InChI is InChI=1S/C22H24ClN7O3S/c1-14(20-24-12-16(23)13-25-20)15(2)34(31,32)29-22-28-27-21(18-10-7-11-19(26-18)33-3)30(22)17-8-5-4-6-9-17/h7-8,10-14H,2,4-6,9H2,1,3H3,(H,28,29)/t14-/m0/s1. The van der Waals surface area contributed by atoms with Crippen molar-refractivity contribution < 1.29 is 13.2 Å². The van der Waals surface area contributed by atoms with Gasteiger partial charge in [-0.3, -0.25) is 4.57 Å². The van der Waals surface area contributed by atoms with Crippen LogP contribution in [0.2, 0.25) is 5.02 Å². The van der Waals surface area contributed by atoms with Crippen molar-refractivity contribution in [1.29, 1.82) is 0 Å². The van der Waals surface area contributed by atoms with Crippen LogP contribution in [0.15, 0.2) is 48.2 Å². The van der Waals surface area contributed by atoms with Gasteiger partial charge < -0.3 is 4.74 Å². The molecule has 1 aliphatic rings. The normalized spacial score (nSPS) is 14.9. The maximum absolute atomic E-state index is 13.2. The summed E-state index contributed by atoms with van der Waals surface area (Å²) in [5, 5.41) is 8.75. The molecule has 0 amide bonds. The van der Waals surface area contributed by atoms with Gasteiger partial charge in [-0.2, -0.15) is 0 Å². The number of hydrogen-bond donors (Lipinski definition) is 1. The average molecular weight is 502 g/mol. The third-order valence-corrected chi connectivity index (χ3v) is 7.15. The van der Waals surface area contributed by atoms with E-state index < -0.39 is 15.9 Å². The Labute approximate surface area is 202 Å². The van der Waals surface area contributed by atoms with E-state index in [1.165, 1.54) is 19.5 Å². The Bertz CT molecular complexity index is 1340. The number of hydrogen-bond acceptors (Lipinski definition) is 8. The minimum atomic E-state index is -4.07. The van der Waals surface area contributed by atoms with Gasteiger partial charge in [0.05, 0.1) is 23.0 Å². The van der Waals surface area contributed by atoms with Crippen LogP contribution in [0.5, 0.6) is 5.88 Å². The van der Waals surface area contributed by atoms with Crippen molar-refractivity contribution in [3.05, 3.63) is 59.0 Å². The summed E-state index contributed by atoms with van der Waals surface area (Å²) in [5.41, 5.74) is 1.40. The predicted octanol–water partition coefficient (Wildman–Crippen LogP) is 4.27. The highest BCUT2D eigenvalue weighted by atomic mass is 35.5. The van der Waals surface area contributed by atoms with E-state index in [0.717, 1.165) is 31.4 Å².